The van der Waals surface area contributed by atoms with E-state index in [0.717, 1.165) is 43.6 Å². The zero-order valence-corrected chi connectivity index (χ0v) is 15.5. The number of hydrogen-bond acceptors (Lipinski definition) is 5. The van der Waals surface area contributed by atoms with E-state index in [4.69, 9.17) is 10.2 Å². The minimum absolute atomic E-state index is 0.0672. The molecule has 1 saturated heterocycles. The molecule has 2 heterocycles. The first-order chi connectivity index (χ1) is 12.5. The van der Waals surface area contributed by atoms with Crippen LogP contribution in [-0.2, 0) is 16.0 Å². The second kappa shape index (κ2) is 8.16. The van der Waals surface area contributed by atoms with Gasteiger partial charge in [0.15, 0.2) is 0 Å². The average molecular weight is 379 g/mol. The van der Waals surface area contributed by atoms with E-state index in [-0.39, 0.29) is 29.9 Å². The highest BCUT2D eigenvalue weighted by atomic mass is 32.2. The quantitative estimate of drug-likeness (QED) is 0.659. The summed E-state index contributed by atoms with van der Waals surface area (Å²) in [5, 5.41) is 6.06. The van der Waals surface area contributed by atoms with Gasteiger partial charge in [0.2, 0.25) is 11.8 Å². The second-order valence-corrected chi connectivity index (χ2v) is 8.27. The Morgan fingerprint density at radius 2 is 2.12 bits per heavy atom. The van der Waals surface area contributed by atoms with Crippen molar-refractivity contribution in [2.24, 2.45) is 11.7 Å². The molecule has 1 saturated carbocycles. The van der Waals surface area contributed by atoms with E-state index in [1.807, 2.05) is 11.8 Å². The normalized spacial score (nSPS) is 21.5. The third kappa shape index (κ3) is 4.41. The summed E-state index contributed by atoms with van der Waals surface area (Å²) < 4.78 is 5.21. The van der Waals surface area contributed by atoms with Crippen molar-refractivity contribution in [1.29, 1.82) is 0 Å². The zero-order valence-electron chi connectivity index (χ0n) is 14.7. The van der Waals surface area contributed by atoms with Crippen LogP contribution in [0, 0.1) is 5.92 Å². The predicted molar refractivity (Wildman–Crippen MR) is 98.7 cm³/mol. The van der Waals surface area contributed by atoms with Crippen LogP contribution < -0.4 is 16.4 Å². The molecule has 2 aliphatic rings. The number of carbonyl (C=O) groups is 3. The molecular formula is C18H25N3O4S. The molecule has 3 amide bonds. The van der Waals surface area contributed by atoms with Crippen LogP contribution in [0.3, 0.4) is 0 Å². The average Bonchev–Trinajstić information content (AvgIpc) is 3.05. The van der Waals surface area contributed by atoms with Gasteiger partial charge >= 0.3 is 0 Å². The van der Waals surface area contributed by atoms with Gasteiger partial charge in [-0.1, -0.05) is 0 Å². The Bertz CT molecular complexity index is 678. The maximum Gasteiger partial charge on any atom is 0.255 e. The smallest absolute Gasteiger partial charge is 0.255 e. The third-order valence-electron chi connectivity index (χ3n) is 5.15. The van der Waals surface area contributed by atoms with Gasteiger partial charge in [-0.25, -0.2) is 0 Å². The molecule has 7 nitrogen and oxygen atoms in total. The fraction of sp³-hybridized carbons (Fsp3) is 0.611. The number of carbonyl (C=O) groups excluding carboxylic acids is 3. The van der Waals surface area contributed by atoms with E-state index in [2.05, 4.69) is 10.6 Å². The summed E-state index contributed by atoms with van der Waals surface area (Å²) in [5.74, 6) is 1.57. The SMILES string of the molecule is NC(=O)Cc1occc1C(=O)NC1(CNC(=O)C2CCCSC2)CCC1. The Kier molecular flexibility index (Phi) is 5.90. The maximum atomic E-state index is 12.6. The van der Waals surface area contributed by atoms with Crippen molar-refractivity contribution >= 4 is 29.5 Å². The van der Waals surface area contributed by atoms with Crippen molar-refractivity contribution in [3.63, 3.8) is 0 Å². The van der Waals surface area contributed by atoms with Crippen LogP contribution in [0.25, 0.3) is 0 Å². The van der Waals surface area contributed by atoms with Gasteiger partial charge in [0.1, 0.15) is 5.76 Å². The lowest BCUT2D eigenvalue weighted by Crippen LogP contribution is -2.60. The number of amides is 3. The van der Waals surface area contributed by atoms with Crippen LogP contribution in [-0.4, -0.2) is 41.3 Å². The molecule has 0 spiro atoms. The van der Waals surface area contributed by atoms with Crippen LogP contribution in [0.2, 0.25) is 0 Å². The van der Waals surface area contributed by atoms with Crippen molar-refractivity contribution in [3.8, 4) is 0 Å². The number of hydrogen-bond donors (Lipinski definition) is 3. The van der Waals surface area contributed by atoms with Gasteiger partial charge in [-0.05, 0) is 43.9 Å². The van der Waals surface area contributed by atoms with Gasteiger partial charge < -0.3 is 20.8 Å². The Morgan fingerprint density at radius 3 is 2.73 bits per heavy atom. The van der Waals surface area contributed by atoms with Crippen molar-refractivity contribution in [3.05, 3.63) is 23.7 Å². The number of primary amides is 1. The topological polar surface area (TPSA) is 114 Å². The number of furan rings is 1. The Hall–Kier alpha value is -1.96. The van der Waals surface area contributed by atoms with E-state index < -0.39 is 11.4 Å². The molecule has 142 valence electrons. The number of rotatable bonds is 7. The standard InChI is InChI=1S/C18H25N3O4S/c19-15(22)9-14-13(4-7-25-14)17(24)21-18(5-2-6-18)11-20-16(23)12-3-1-8-26-10-12/h4,7,12H,1-3,5-6,8-11H2,(H2,19,22)(H,20,23)(H,21,24). The molecule has 0 bridgehead atoms. The maximum absolute atomic E-state index is 12.6. The first-order valence-corrected chi connectivity index (χ1v) is 10.2. The first-order valence-electron chi connectivity index (χ1n) is 9.02. The summed E-state index contributed by atoms with van der Waals surface area (Å²) in [5.41, 5.74) is 5.09. The van der Waals surface area contributed by atoms with E-state index in [1.54, 1.807) is 0 Å². The van der Waals surface area contributed by atoms with Gasteiger partial charge in [0.05, 0.1) is 23.8 Å². The fourth-order valence-electron chi connectivity index (χ4n) is 3.44. The molecule has 3 rings (SSSR count). The molecule has 26 heavy (non-hydrogen) atoms. The number of thioether (sulfide) groups is 1. The van der Waals surface area contributed by atoms with Gasteiger partial charge in [0, 0.05) is 18.2 Å². The zero-order chi connectivity index (χ0) is 18.6. The van der Waals surface area contributed by atoms with Crippen molar-refractivity contribution in [2.45, 2.75) is 44.1 Å². The molecule has 0 radical (unpaired) electrons. The van der Waals surface area contributed by atoms with Gasteiger partial charge in [-0.2, -0.15) is 11.8 Å². The Labute approximate surface area is 156 Å². The summed E-state index contributed by atoms with van der Waals surface area (Å²) in [7, 11) is 0. The Balaban J connectivity index is 1.58. The minimum Gasteiger partial charge on any atom is -0.468 e. The van der Waals surface area contributed by atoms with E-state index in [9.17, 15) is 14.4 Å². The largest absolute Gasteiger partial charge is 0.468 e. The van der Waals surface area contributed by atoms with Crippen molar-refractivity contribution in [1.82, 2.24) is 10.6 Å². The lowest BCUT2D eigenvalue weighted by atomic mass is 9.76. The van der Waals surface area contributed by atoms with Crippen LogP contribution in [0.15, 0.2) is 16.7 Å². The van der Waals surface area contributed by atoms with Crippen LogP contribution >= 0.6 is 11.8 Å². The summed E-state index contributed by atoms with van der Waals surface area (Å²) in [6, 6.07) is 1.54. The van der Waals surface area contributed by atoms with Crippen LogP contribution in [0.5, 0.6) is 0 Å². The van der Waals surface area contributed by atoms with Crippen LogP contribution in [0.1, 0.15) is 48.2 Å². The second-order valence-electron chi connectivity index (χ2n) is 7.12. The molecule has 2 fully saturated rings. The molecular weight excluding hydrogens is 354 g/mol. The van der Waals surface area contributed by atoms with Gasteiger partial charge in [0.25, 0.3) is 5.91 Å². The minimum atomic E-state index is -0.551. The highest BCUT2D eigenvalue weighted by molar-refractivity contribution is 7.99. The Morgan fingerprint density at radius 1 is 1.31 bits per heavy atom. The summed E-state index contributed by atoms with van der Waals surface area (Å²) in [6.07, 6.45) is 5.93. The van der Waals surface area contributed by atoms with E-state index >= 15 is 0 Å². The molecule has 1 aliphatic carbocycles. The highest BCUT2D eigenvalue weighted by Crippen LogP contribution is 2.32. The summed E-state index contributed by atoms with van der Waals surface area (Å²) in [4.78, 5) is 36.1. The summed E-state index contributed by atoms with van der Waals surface area (Å²) >= 11 is 1.82. The molecule has 4 N–H and O–H groups in total. The molecule has 0 aromatic carbocycles. The third-order valence-corrected chi connectivity index (χ3v) is 6.36. The molecule has 1 aromatic heterocycles. The highest BCUT2D eigenvalue weighted by Gasteiger charge is 2.39. The van der Waals surface area contributed by atoms with E-state index in [1.165, 1.54) is 12.3 Å². The summed E-state index contributed by atoms with van der Waals surface area (Å²) in [6.45, 7) is 0.432. The molecule has 8 heteroatoms. The number of nitrogens with one attached hydrogen (secondary N) is 2. The monoisotopic (exact) mass is 379 g/mol. The van der Waals surface area contributed by atoms with Crippen molar-refractivity contribution in [2.75, 3.05) is 18.1 Å². The fourth-order valence-corrected chi connectivity index (χ4v) is 4.58. The first kappa shape index (κ1) is 18.8. The van der Waals surface area contributed by atoms with E-state index in [0.29, 0.717) is 12.1 Å². The van der Waals surface area contributed by atoms with Gasteiger partial charge in [-0.3, -0.25) is 14.4 Å². The van der Waals surface area contributed by atoms with Crippen molar-refractivity contribution < 1.29 is 18.8 Å². The predicted octanol–water partition coefficient (Wildman–Crippen LogP) is 1.22. The van der Waals surface area contributed by atoms with Gasteiger partial charge in [-0.15, -0.1) is 0 Å². The molecule has 1 unspecified atom stereocenters. The lowest BCUT2D eigenvalue weighted by molar-refractivity contribution is -0.125. The number of nitrogens with two attached hydrogens (primary N) is 1. The lowest BCUT2D eigenvalue weighted by Gasteiger charge is -2.43. The van der Waals surface area contributed by atoms with Crippen LogP contribution in [0.4, 0.5) is 0 Å². The molecule has 1 aromatic rings. The molecule has 1 atom stereocenters. The molecule has 1 aliphatic heterocycles.